The Kier molecular flexibility index (Phi) is 2.60. The normalized spacial score (nSPS) is 10.9. The average Bonchev–Trinajstić information content (AvgIpc) is 2.68. The van der Waals surface area contributed by atoms with E-state index in [1.807, 2.05) is 6.92 Å². The van der Waals surface area contributed by atoms with Crippen molar-refractivity contribution < 1.29 is 9.90 Å². The third kappa shape index (κ3) is 1.64. The third-order valence-corrected chi connectivity index (χ3v) is 2.49. The molecule has 0 saturated carbocycles. The molecule has 5 heteroatoms. The lowest BCUT2D eigenvalue weighted by Gasteiger charge is -2.03. The van der Waals surface area contributed by atoms with Gasteiger partial charge in [0.05, 0.1) is 0 Å². The number of imidazole rings is 1. The van der Waals surface area contributed by atoms with E-state index in [1.54, 1.807) is 10.6 Å². The molecule has 0 saturated heterocycles. The van der Waals surface area contributed by atoms with Crippen LogP contribution in [0.2, 0.25) is 0 Å². The minimum Gasteiger partial charge on any atom is -0.476 e. The predicted molar refractivity (Wildman–Crippen MR) is 58.7 cm³/mol. The van der Waals surface area contributed by atoms with Crippen LogP contribution in [0.4, 0.5) is 0 Å². The van der Waals surface area contributed by atoms with E-state index >= 15 is 0 Å². The molecule has 16 heavy (non-hydrogen) atoms. The molecule has 5 nitrogen and oxygen atoms in total. The highest BCUT2D eigenvalue weighted by atomic mass is 16.4. The number of nitrogens with zero attached hydrogens (tertiary/aromatic N) is 3. The molecule has 0 unspecified atom stereocenters. The number of aromatic carboxylic acids is 1. The standard InChI is InChI=1S/C11H13N3O2/c1-3-4-8-5-12-7(2)14-6-9(11(15)16)13-10(8)14/h5-6H,3-4H2,1-2H3,(H,15,16). The van der Waals surface area contributed by atoms with Crippen molar-refractivity contribution in [2.75, 3.05) is 0 Å². The number of aryl methyl sites for hydroxylation is 2. The van der Waals surface area contributed by atoms with E-state index in [2.05, 4.69) is 16.9 Å². The van der Waals surface area contributed by atoms with Gasteiger partial charge in [-0.15, -0.1) is 0 Å². The van der Waals surface area contributed by atoms with Crippen LogP contribution in [-0.2, 0) is 6.42 Å². The van der Waals surface area contributed by atoms with Gasteiger partial charge in [-0.2, -0.15) is 0 Å². The molecule has 0 aliphatic rings. The Morgan fingerprint density at radius 2 is 2.31 bits per heavy atom. The summed E-state index contributed by atoms with van der Waals surface area (Å²) in [6, 6.07) is 0. The summed E-state index contributed by atoms with van der Waals surface area (Å²) in [4.78, 5) is 19.2. The molecule has 2 rings (SSSR count). The third-order valence-electron chi connectivity index (χ3n) is 2.49. The van der Waals surface area contributed by atoms with Crippen LogP contribution in [0.1, 0.15) is 35.2 Å². The molecule has 0 fully saturated rings. The van der Waals surface area contributed by atoms with E-state index in [-0.39, 0.29) is 5.69 Å². The quantitative estimate of drug-likeness (QED) is 0.852. The molecule has 0 spiro atoms. The Morgan fingerprint density at radius 1 is 1.56 bits per heavy atom. The Hall–Kier alpha value is -1.91. The average molecular weight is 219 g/mol. The van der Waals surface area contributed by atoms with Gasteiger partial charge in [-0.25, -0.2) is 14.8 Å². The van der Waals surface area contributed by atoms with E-state index in [4.69, 9.17) is 5.11 Å². The van der Waals surface area contributed by atoms with E-state index in [0.29, 0.717) is 5.65 Å². The first-order chi connectivity index (χ1) is 7.63. The highest BCUT2D eigenvalue weighted by Gasteiger charge is 2.12. The molecule has 0 aliphatic carbocycles. The number of rotatable bonds is 3. The van der Waals surface area contributed by atoms with Crippen LogP contribution in [0.25, 0.3) is 5.65 Å². The maximum absolute atomic E-state index is 10.9. The number of fused-ring (bicyclic) bond motifs is 1. The molecule has 0 bridgehead atoms. The van der Waals surface area contributed by atoms with E-state index in [0.717, 1.165) is 24.2 Å². The number of hydrogen-bond donors (Lipinski definition) is 1. The van der Waals surface area contributed by atoms with Gasteiger partial charge < -0.3 is 5.11 Å². The Labute approximate surface area is 92.8 Å². The summed E-state index contributed by atoms with van der Waals surface area (Å²) in [5, 5.41) is 8.90. The van der Waals surface area contributed by atoms with E-state index in [1.165, 1.54) is 6.20 Å². The second kappa shape index (κ2) is 3.92. The van der Waals surface area contributed by atoms with Crippen molar-refractivity contribution in [2.45, 2.75) is 26.7 Å². The summed E-state index contributed by atoms with van der Waals surface area (Å²) < 4.78 is 1.73. The van der Waals surface area contributed by atoms with Crippen molar-refractivity contribution in [3.63, 3.8) is 0 Å². The van der Waals surface area contributed by atoms with Crippen molar-refractivity contribution in [2.24, 2.45) is 0 Å². The number of aromatic nitrogens is 3. The fourth-order valence-electron chi connectivity index (χ4n) is 1.69. The molecule has 0 amide bonds. The second-order valence-electron chi connectivity index (χ2n) is 3.71. The van der Waals surface area contributed by atoms with Crippen LogP contribution in [0.15, 0.2) is 12.4 Å². The molecule has 2 heterocycles. The monoisotopic (exact) mass is 219 g/mol. The molecule has 0 radical (unpaired) electrons. The number of carbonyl (C=O) groups is 1. The predicted octanol–water partition coefficient (Wildman–Crippen LogP) is 1.69. The van der Waals surface area contributed by atoms with Crippen LogP contribution < -0.4 is 0 Å². The van der Waals surface area contributed by atoms with Crippen LogP contribution in [0.3, 0.4) is 0 Å². The SMILES string of the molecule is CCCc1cnc(C)n2cc(C(=O)O)nc12. The second-order valence-corrected chi connectivity index (χ2v) is 3.71. The van der Waals surface area contributed by atoms with Crippen LogP contribution in [0.5, 0.6) is 0 Å². The first-order valence-corrected chi connectivity index (χ1v) is 5.20. The molecule has 2 aromatic rings. The summed E-state index contributed by atoms with van der Waals surface area (Å²) in [5.74, 6) is -0.264. The van der Waals surface area contributed by atoms with Crippen molar-refractivity contribution >= 4 is 11.6 Å². The van der Waals surface area contributed by atoms with Gasteiger partial charge in [-0.3, -0.25) is 4.40 Å². The van der Waals surface area contributed by atoms with Gasteiger partial charge in [0.2, 0.25) is 0 Å². The van der Waals surface area contributed by atoms with E-state index in [9.17, 15) is 4.79 Å². The maximum atomic E-state index is 10.9. The molecule has 0 aromatic carbocycles. The van der Waals surface area contributed by atoms with Crippen LogP contribution in [0, 0.1) is 6.92 Å². The van der Waals surface area contributed by atoms with Crippen LogP contribution in [-0.4, -0.2) is 25.4 Å². The highest BCUT2D eigenvalue weighted by Crippen LogP contribution is 2.13. The van der Waals surface area contributed by atoms with Gasteiger partial charge >= 0.3 is 5.97 Å². The zero-order valence-corrected chi connectivity index (χ0v) is 9.27. The maximum Gasteiger partial charge on any atom is 0.356 e. The molecular formula is C11H13N3O2. The fraction of sp³-hybridized carbons (Fsp3) is 0.364. The Balaban J connectivity index is 2.67. The van der Waals surface area contributed by atoms with Gasteiger partial charge in [0.15, 0.2) is 5.69 Å². The first-order valence-electron chi connectivity index (χ1n) is 5.20. The molecule has 0 atom stereocenters. The van der Waals surface area contributed by atoms with Crippen LogP contribution >= 0.6 is 0 Å². The van der Waals surface area contributed by atoms with Gasteiger partial charge in [0.25, 0.3) is 0 Å². The topological polar surface area (TPSA) is 67.5 Å². The minimum atomic E-state index is -1.01. The van der Waals surface area contributed by atoms with Crippen molar-refractivity contribution in [3.8, 4) is 0 Å². The lowest BCUT2D eigenvalue weighted by Crippen LogP contribution is -1.98. The zero-order valence-electron chi connectivity index (χ0n) is 9.27. The molecule has 0 aliphatic heterocycles. The molecular weight excluding hydrogens is 206 g/mol. The van der Waals surface area contributed by atoms with Gasteiger partial charge in [-0.1, -0.05) is 13.3 Å². The van der Waals surface area contributed by atoms with Crippen molar-refractivity contribution in [1.29, 1.82) is 0 Å². The lowest BCUT2D eigenvalue weighted by molar-refractivity contribution is 0.0691. The first kappa shape index (κ1) is 10.6. The van der Waals surface area contributed by atoms with Crippen molar-refractivity contribution in [1.82, 2.24) is 14.4 Å². The summed E-state index contributed by atoms with van der Waals surface area (Å²) in [6.07, 6.45) is 5.12. The number of hydrogen-bond acceptors (Lipinski definition) is 3. The summed E-state index contributed by atoms with van der Waals surface area (Å²) in [7, 11) is 0. The van der Waals surface area contributed by atoms with Gasteiger partial charge in [0, 0.05) is 18.0 Å². The fourth-order valence-corrected chi connectivity index (χ4v) is 1.69. The summed E-state index contributed by atoms with van der Waals surface area (Å²) in [6.45, 7) is 3.90. The lowest BCUT2D eigenvalue weighted by atomic mass is 10.2. The largest absolute Gasteiger partial charge is 0.476 e. The molecule has 1 N–H and O–H groups in total. The Morgan fingerprint density at radius 3 is 2.94 bits per heavy atom. The number of carboxylic acids is 1. The van der Waals surface area contributed by atoms with E-state index < -0.39 is 5.97 Å². The summed E-state index contributed by atoms with van der Waals surface area (Å²) >= 11 is 0. The summed E-state index contributed by atoms with van der Waals surface area (Å²) in [5.41, 5.74) is 1.75. The van der Waals surface area contributed by atoms with Gasteiger partial charge in [0.1, 0.15) is 11.5 Å². The molecule has 84 valence electrons. The molecule has 2 aromatic heterocycles. The van der Waals surface area contributed by atoms with Crippen molar-refractivity contribution in [3.05, 3.63) is 29.5 Å². The smallest absolute Gasteiger partial charge is 0.356 e. The Bertz CT molecular complexity index is 545. The zero-order chi connectivity index (χ0) is 11.7. The highest BCUT2D eigenvalue weighted by molar-refractivity contribution is 5.86. The minimum absolute atomic E-state index is 0.0634. The van der Waals surface area contributed by atoms with Gasteiger partial charge in [-0.05, 0) is 13.3 Å². The number of carboxylic acid groups (broad SMARTS) is 1.